The summed E-state index contributed by atoms with van der Waals surface area (Å²) < 4.78 is 6.49. The van der Waals surface area contributed by atoms with Crippen LogP contribution < -0.4 is 11.0 Å². The Kier molecular flexibility index (Phi) is 2.49. The molecule has 0 saturated carbocycles. The second-order valence-electron chi connectivity index (χ2n) is 2.92. The summed E-state index contributed by atoms with van der Waals surface area (Å²) >= 11 is 0. The Morgan fingerprint density at radius 2 is 2.47 bits per heavy atom. The van der Waals surface area contributed by atoms with Gasteiger partial charge >= 0.3 is 5.69 Å². The minimum Gasteiger partial charge on any atom is -0.467 e. The third-order valence-corrected chi connectivity index (χ3v) is 1.90. The third kappa shape index (κ3) is 2.04. The Balaban J connectivity index is 2.26. The molecule has 0 unspecified atom stereocenters. The van der Waals surface area contributed by atoms with E-state index in [1.165, 1.54) is 10.9 Å². The zero-order chi connectivity index (χ0) is 10.7. The molecule has 2 aromatic heterocycles. The molecular weight excluding hydrogens is 196 g/mol. The second kappa shape index (κ2) is 3.95. The predicted molar refractivity (Wildman–Crippen MR) is 53.6 cm³/mol. The van der Waals surface area contributed by atoms with Gasteiger partial charge in [-0.2, -0.15) is 4.98 Å². The van der Waals surface area contributed by atoms with Crippen LogP contribution in [0.5, 0.6) is 0 Å². The highest BCUT2D eigenvalue weighted by molar-refractivity contribution is 5.18. The summed E-state index contributed by atoms with van der Waals surface area (Å²) in [5.74, 6) is 1.01. The molecule has 2 aromatic rings. The van der Waals surface area contributed by atoms with E-state index in [9.17, 15) is 4.79 Å². The largest absolute Gasteiger partial charge is 0.467 e. The smallest absolute Gasteiger partial charge is 0.352 e. The average molecular weight is 206 g/mol. The first-order valence-corrected chi connectivity index (χ1v) is 4.43. The van der Waals surface area contributed by atoms with Gasteiger partial charge in [0.1, 0.15) is 12.1 Å². The maximum absolute atomic E-state index is 11.5. The summed E-state index contributed by atoms with van der Waals surface area (Å²) in [4.78, 5) is 19.1. The van der Waals surface area contributed by atoms with Crippen molar-refractivity contribution in [3.63, 3.8) is 0 Å². The van der Waals surface area contributed by atoms with Crippen molar-refractivity contribution in [2.45, 2.75) is 6.54 Å². The molecule has 0 aliphatic heterocycles. The van der Waals surface area contributed by atoms with Gasteiger partial charge in [0.25, 0.3) is 0 Å². The van der Waals surface area contributed by atoms with Gasteiger partial charge in [-0.1, -0.05) is 0 Å². The highest BCUT2D eigenvalue weighted by Gasteiger charge is 2.02. The summed E-state index contributed by atoms with van der Waals surface area (Å²) in [5, 5.41) is 2.69. The van der Waals surface area contributed by atoms with E-state index in [-0.39, 0.29) is 5.69 Å². The lowest BCUT2D eigenvalue weighted by Gasteiger charge is -2.02. The number of hydrogen-bond acceptors (Lipinski definition) is 5. The van der Waals surface area contributed by atoms with Crippen LogP contribution in [-0.2, 0) is 6.54 Å². The van der Waals surface area contributed by atoms with Crippen LogP contribution in [0.2, 0.25) is 0 Å². The van der Waals surface area contributed by atoms with Gasteiger partial charge < -0.3 is 9.73 Å². The van der Waals surface area contributed by atoms with Gasteiger partial charge in [0, 0.05) is 7.05 Å². The molecule has 0 bridgehead atoms. The van der Waals surface area contributed by atoms with E-state index in [4.69, 9.17) is 4.42 Å². The van der Waals surface area contributed by atoms with E-state index >= 15 is 0 Å². The molecule has 0 aliphatic rings. The van der Waals surface area contributed by atoms with Crippen LogP contribution in [0.4, 0.5) is 5.95 Å². The van der Waals surface area contributed by atoms with E-state index in [1.54, 1.807) is 25.4 Å². The van der Waals surface area contributed by atoms with Gasteiger partial charge in [-0.05, 0) is 12.1 Å². The van der Waals surface area contributed by atoms with E-state index in [0.29, 0.717) is 18.3 Å². The minimum absolute atomic E-state index is 0.315. The number of nitrogens with zero attached hydrogens (tertiary/aromatic N) is 3. The fourth-order valence-corrected chi connectivity index (χ4v) is 1.16. The number of rotatable bonds is 3. The third-order valence-electron chi connectivity index (χ3n) is 1.90. The van der Waals surface area contributed by atoms with Crippen molar-refractivity contribution in [1.29, 1.82) is 0 Å². The molecule has 2 heterocycles. The molecule has 6 heteroatoms. The highest BCUT2D eigenvalue weighted by atomic mass is 16.3. The van der Waals surface area contributed by atoms with Gasteiger partial charge in [0.2, 0.25) is 5.95 Å². The monoisotopic (exact) mass is 206 g/mol. The standard InChI is InChI=1S/C9H10N4O2/c1-10-8-11-6-13(9(14)12-8)5-7-3-2-4-15-7/h2-4,6H,5H2,1H3,(H,10,12,14). The van der Waals surface area contributed by atoms with Gasteiger partial charge in [-0.3, -0.25) is 4.57 Å². The second-order valence-corrected chi connectivity index (χ2v) is 2.92. The number of hydrogen-bond donors (Lipinski definition) is 1. The van der Waals surface area contributed by atoms with Crippen LogP contribution in [0, 0.1) is 0 Å². The van der Waals surface area contributed by atoms with Crippen molar-refractivity contribution in [2.75, 3.05) is 12.4 Å². The van der Waals surface area contributed by atoms with E-state index < -0.39 is 0 Å². The van der Waals surface area contributed by atoms with Crippen LogP contribution in [0.3, 0.4) is 0 Å². The molecule has 0 saturated heterocycles. The summed E-state index contributed by atoms with van der Waals surface area (Å²) in [7, 11) is 1.66. The Hall–Kier alpha value is -2.11. The average Bonchev–Trinajstić information content (AvgIpc) is 2.74. The Bertz CT molecular complexity index is 489. The molecular formula is C9H10N4O2. The van der Waals surface area contributed by atoms with Gasteiger partial charge in [0.15, 0.2) is 0 Å². The number of furan rings is 1. The van der Waals surface area contributed by atoms with Gasteiger partial charge in [-0.15, -0.1) is 0 Å². The van der Waals surface area contributed by atoms with Gasteiger partial charge in [-0.25, -0.2) is 9.78 Å². The summed E-state index contributed by atoms with van der Waals surface area (Å²) in [6.45, 7) is 0.343. The summed E-state index contributed by atoms with van der Waals surface area (Å²) in [5.41, 5.74) is -0.356. The number of aromatic nitrogens is 3. The van der Waals surface area contributed by atoms with Crippen molar-refractivity contribution in [2.24, 2.45) is 0 Å². The lowest BCUT2D eigenvalue weighted by Crippen LogP contribution is -2.24. The Labute approximate surface area is 85.6 Å². The van der Waals surface area contributed by atoms with Crippen LogP contribution >= 0.6 is 0 Å². The van der Waals surface area contributed by atoms with Crippen LogP contribution in [-0.4, -0.2) is 21.6 Å². The van der Waals surface area contributed by atoms with Crippen molar-refractivity contribution in [3.8, 4) is 0 Å². The molecule has 0 spiro atoms. The molecule has 2 rings (SSSR count). The Morgan fingerprint density at radius 1 is 1.60 bits per heavy atom. The first-order chi connectivity index (χ1) is 7.29. The lowest BCUT2D eigenvalue weighted by atomic mass is 10.4. The number of anilines is 1. The first-order valence-electron chi connectivity index (χ1n) is 4.43. The molecule has 0 aromatic carbocycles. The first kappa shape index (κ1) is 9.45. The topological polar surface area (TPSA) is 73.0 Å². The molecule has 0 fully saturated rings. The zero-order valence-corrected chi connectivity index (χ0v) is 8.17. The minimum atomic E-state index is -0.356. The molecule has 0 aliphatic carbocycles. The predicted octanol–water partition coefficient (Wildman–Crippen LogP) is 0.321. The molecule has 6 nitrogen and oxygen atoms in total. The molecule has 78 valence electrons. The quantitative estimate of drug-likeness (QED) is 0.783. The summed E-state index contributed by atoms with van der Waals surface area (Å²) in [6.07, 6.45) is 2.99. The SMILES string of the molecule is CNc1ncn(Cc2ccco2)c(=O)n1. The lowest BCUT2D eigenvalue weighted by molar-refractivity contribution is 0.485. The Morgan fingerprint density at radius 3 is 3.07 bits per heavy atom. The molecule has 15 heavy (non-hydrogen) atoms. The normalized spacial score (nSPS) is 10.2. The maximum Gasteiger partial charge on any atom is 0.352 e. The zero-order valence-electron chi connectivity index (χ0n) is 8.17. The summed E-state index contributed by atoms with van der Waals surface area (Å²) in [6, 6.07) is 3.56. The van der Waals surface area contributed by atoms with Crippen molar-refractivity contribution in [1.82, 2.24) is 14.5 Å². The maximum atomic E-state index is 11.5. The van der Waals surface area contributed by atoms with Gasteiger partial charge in [0.05, 0.1) is 12.8 Å². The van der Waals surface area contributed by atoms with Crippen molar-refractivity contribution in [3.05, 3.63) is 41.0 Å². The van der Waals surface area contributed by atoms with E-state index in [1.807, 2.05) is 0 Å². The highest BCUT2D eigenvalue weighted by Crippen LogP contribution is 2.01. The van der Waals surface area contributed by atoms with Crippen LogP contribution in [0.15, 0.2) is 33.9 Å². The molecule has 0 atom stereocenters. The van der Waals surface area contributed by atoms with Crippen molar-refractivity contribution >= 4 is 5.95 Å². The number of nitrogens with one attached hydrogen (secondary N) is 1. The van der Waals surface area contributed by atoms with E-state index in [0.717, 1.165) is 0 Å². The van der Waals surface area contributed by atoms with E-state index in [2.05, 4.69) is 15.3 Å². The van der Waals surface area contributed by atoms with Crippen LogP contribution in [0.1, 0.15) is 5.76 Å². The van der Waals surface area contributed by atoms with Crippen molar-refractivity contribution < 1.29 is 4.42 Å². The fraction of sp³-hybridized carbons (Fsp3) is 0.222. The molecule has 0 radical (unpaired) electrons. The fourth-order valence-electron chi connectivity index (χ4n) is 1.16. The molecule has 0 amide bonds. The van der Waals surface area contributed by atoms with Crippen LogP contribution in [0.25, 0.3) is 0 Å². The molecule has 1 N–H and O–H groups in total.